The van der Waals surface area contributed by atoms with E-state index in [0.717, 1.165) is 5.56 Å². The number of phenols is 1. The van der Waals surface area contributed by atoms with Crippen LogP contribution in [0, 0.1) is 12.3 Å². The Morgan fingerprint density at radius 2 is 1.79 bits per heavy atom. The van der Waals surface area contributed by atoms with Crippen LogP contribution in [0.3, 0.4) is 0 Å². The fourth-order valence-corrected chi connectivity index (χ4v) is 1.45. The SMILES string of the molecule is Cc1cc(C(C)C(C)(C)C)ccc1O. The molecule has 0 fully saturated rings. The van der Waals surface area contributed by atoms with Gasteiger partial charge >= 0.3 is 0 Å². The maximum atomic E-state index is 9.43. The third-order valence-corrected chi connectivity index (χ3v) is 3.02. The fraction of sp³-hybridized carbons (Fsp3) is 0.538. The van der Waals surface area contributed by atoms with E-state index in [4.69, 9.17) is 0 Å². The molecule has 0 aliphatic carbocycles. The lowest BCUT2D eigenvalue weighted by molar-refractivity contribution is 0.339. The van der Waals surface area contributed by atoms with Gasteiger partial charge in [0, 0.05) is 0 Å². The van der Waals surface area contributed by atoms with Gasteiger partial charge in [0.15, 0.2) is 0 Å². The standard InChI is InChI=1S/C13H20O/c1-9-8-11(6-7-12(9)14)10(2)13(3,4)5/h6-8,10,14H,1-5H3. The van der Waals surface area contributed by atoms with E-state index in [1.807, 2.05) is 13.0 Å². The van der Waals surface area contributed by atoms with E-state index in [1.165, 1.54) is 5.56 Å². The van der Waals surface area contributed by atoms with Crippen LogP contribution in [0.15, 0.2) is 18.2 Å². The number of rotatable bonds is 1. The van der Waals surface area contributed by atoms with Crippen molar-refractivity contribution in [2.75, 3.05) is 0 Å². The number of aromatic hydroxyl groups is 1. The van der Waals surface area contributed by atoms with E-state index in [9.17, 15) is 5.11 Å². The van der Waals surface area contributed by atoms with Crippen molar-refractivity contribution in [1.29, 1.82) is 0 Å². The molecule has 1 atom stereocenters. The van der Waals surface area contributed by atoms with Gasteiger partial charge in [-0.15, -0.1) is 0 Å². The van der Waals surface area contributed by atoms with Crippen LogP contribution in [-0.2, 0) is 0 Å². The van der Waals surface area contributed by atoms with Crippen LogP contribution in [0.1, 0.15) is 44.7 Å². The van der Waals surface area contributed by atoms with Crippen molar-refractivity contribution in [3.05, 3.63) is 29.3 Å². The third kappa shape index (κ3) is 2.28. The molecule has 78 valence electrons. The molecule has 0 amide bonds. The Morgan fingerprint density at radius 1 is 1.21 bits per heavy atom. The molecule has 14 heavy (non-hydrogen) atoms. The highest BCUT2D eigenvalue weighted by Crippen LogP contribution is 2.35. The van der Waals surface area contributed by atoms with E-state index >= 15 is 0 Å². The van der Waals surface area contributed by atoms with Gasteiger partial charge < -0.3 is 5.11 Å². The fourth-order valence-electron chi connectivity index (χ4n) is 1.45. The van der Waals surface area contributed by atoms with Gasteiger partial charge in [-0.05, 0) is 35.4 Å². The molecule has 1 heteroatoms. The Kier molecular flexibility index (Phi) is 2.89. The summed E-state index contributed by atoms with van der Waals surface area (Å²) in [6, 6.07) is 5.87. The summed E-state index contributed by atoms with van der Waals surface area (Å²) in [4.78, 5) is 0. The first-order valence-electron chi connectivity index (χ1n) is 5.12. The predicted octanol–water partition coefficient (Wildman–Crippen LogP) is 3.85. The van der Waals surface area contributed by atoms with Crippen molar-refractivity contribution in [1.82, 2.24) is 0 Å². The zero-order valence-electron chi connectivity index (χ0n) is 9.76. The van der Waals surface area contributed by atoms with Crippen LogP contribution in [0.25, 0.3) is 0 Å². The zero-order valence-corrected chi connectivity index (χ0v) is 9.76. The van der Waals surface area contributed by atoms with E-state index in [-0.39, 0.29) is 5.41 Å². The Labute approximate surface area is 86.8 Å². The summed E-state index contributed by atoms with van der Waals surface area (Å²) in [6.45, 7) is 10.9. The maximum absolute atomic E-state index is 9.43. The van der Waals surface area contributed by atoms with Gasteiger partial charge in [0.25, 0.3) is 0 Å². The molecule has 1 aromatic carbocycles. The minimum Gasteiger partial charge on any atom is -0.508 e. The largest absolute Gasteiger partial charge is 0.508 e. The second kappa shape index (κ2) is 3.64. The van der Waals surface area contributed by atoms with Crippen molar-refractivity contribution in [2.24, 2.45) is 5.41 Å². The van der Waals surface area contributed by atoms with Gasteiger partial charge in [-0.3, -0.25) is 0 Å². The molecule has 0 saturated carbocycles. The summed E-state index contributed by atoms with van der Waals surface area (Å²) in [6.07, 6.45) is 0. The lowest BCUT2D eigenvalue weighted by atomic mass is 9.77. The van der Waals surface area contributed by atoms with Gasteiger partial charge in [0.2, 0.25) is 0 Å². The summed E-state index contributed by atoms with van der Waals surface area (Å²) in [5.74, 6) is 0.886. The van der Waals surface area contributed by atoms with Gasteiger partial charge in [-0.25, -0.2) is 0 Å². The second-order valence-electron chi connectivity index (χ2n) is 5.13. The van der Waals surface area contributed by atoms with Crippen LogP contribution in [-0.4, -0.2) is 5.11 Å². The van der Waals surface area contributed by atoms with E-state index in [2.05, 4.69) is 33.8 Å². The quantitative estimate of drug-likeness (QED) is 0.716. The lowest BCUT2D eigenvalue weighted by Gasteiger charge is -2.28. The Hall–Kier alpha value is -0.980. The molecule has 1 nitrogen and oxygen atoms in total. The van der Waals surface area contributed by atoms with Crippen molar-refractivity contribution >= 4 is 0 Å². The molecule has 0 aliphatic heterocycles. The van der Waals surface area contributed by atoms with Crippen molar-refractivity contribution in [3.8, 4) is 5.75 Å². The van der Waals surface area contributed by atoms with Crippen molar-refractivity contribution in [3.63, 3.8) is 0 Å². The predicted molar refractivity (Wildman–Crippen MR) is 60.7 cm³/mol. The topological polar surface area (TPSA) is 20.2 Å². The van der Waals surface area contributed by atoms with Crippen LogP contribution in [0.5, 0.6) is 5.75 Å². The molecule has 0 saturated heterocycles. The first-order valence-corrected chi connectivity index (χ1v) is 5.12. The second-order valence-corrected chi connectivity index (χ2v) is 5.13. The summed E-state index contributed by atoms with van der Waals surface area (Å²) in [7, 11) is 0. The molecule has 1 unspecified atom stereocenters. The van der Waals surface area contributed by atoms with Gasteiger partial charge in [-0.2, -0.15) is 0 Å². The lowest BCUT2D eigenvalue weighted by Crippen LogP contribution is -2.15. The minimum absolute atomic E-state index is 0.267. The molecular weight excluding hydrogens is 172 g/mol. The summed E-state index contributed by atoms with van der Waals surface area (Å²) in [5, 5.41) is 9.43. The van der Waals surface area contributed by atoms with Gasteiger partial charge in [0.05, 0.1) is 0 Å². The molecule has 0 aliphatic rings. The Morgan fingerprint density at radius 3 is 2.21 bits per heavy atom. The Balaban J connectivity index is 3.03. The van der Waals surface area contributed by atoms with Crippen LogP contribution >= 0.6 is 0 Å². The number of hydrogen-bond donors (Lipinski definition) is 1. The van der Waals surface area contributed by atoms with E-state index < -0.39 is 0 Å². The first kappa shape index (κ1) is 11.1. The maximum Gasteiger partial charge on any atom is 0.118 e. The zero-order chi connectivity index (χ0) is 10.9. The molecular formula is C13H20O. The summed E-state index contributed by atoms with van der Waals surface area (Å²) in [5.41, 5.74) is 2.52. The molecule has 0 spiro atoms. The number of aryl methyl sites for hydroxylation is 1. The summed E-state index contributed by atoms with van der Waals surface area (Å²) >= 11 is 0. The first-order chi connectivity index (χ1) is 6.32. The molecule has 1 N–H and O–H groups in total. The van der Waals surface area contributed by atoms with Crippen molar-refractivity contribution in [2.45, 2.75) is 40.5 Å². The number of benzene rings is 1. The van der Waals surface area contributed by atoms with Crippen LogP contribution < -0.4 is 0 Å². The molecule has 1 aromatic rings. The average Bonchev–Trinajstić information content (AvgIpc) is 2.07. The van der Waals surface area contributed by atoms with Crippen molar-refractivity contribution < 1.29 is 5.11 Å². The highest BCUT2D eigenvalue weighted by atomic mass is 16.3. The smallest absolute Gasteiger partial charge is 0.118 e. The number of hydrogen-bond acceptors (Lipinski definition) is 1. The molecule has 0 aromatic heterocycles. The van der Waals surface area contributed by atoms with Gasteiger partial charge in [0.1, 0.15) is 5.75 Å². The minimum atomic E-state index is 0.267. The Bertz CT molecular complexity index is 320. The normalized spacial score (nSPS) is 14.1. The average molecular weight is 192 g/mol. The van der Waals surface area contributed by atoms with E-state index in [1.54, 1.807) is 6.07 Å². The molecule has 1 rings (SSSR count). The monoisotopic (exact) mass is 192 g/mol. The van der Waals surface area contributed by atoms with Gasteiger partial charge in [-0.1, -0.05) is 39.8 Å². The third-order valence-electron chi connectivity index (χ3n) is 3.02. The summed E-state index contributed by atoms with van der Waals surface area (Å²) < 4.78 is 0. The highest BCUT2D eigenvalue weighted by Gasteiger charge is 2.21. The molecule has 0 bridgehead atoms. The highest BCUT2D eigenvalue weighted by molar-refractivity contribution is 5.36. The van der Waals surface area contributed by atoms with Crippen LogP contribution in [0.2, 0.25) is 0 Å². The molecule has 0 radical (unpaired) electrons. The van der Waals surface area contributed by atoms with Crippen LogP contribution in [0.4, 0.5) is 0 Å². The molecule has 0 heterocycles. The number of phenolic OH excluding ortho intramolecular Hbond substituents is 1. The van der Waals surface area contributed by atoms with E-state index in [0.29, 0.717) is 11.7 Å².